The van der Waals surface area contributed by atoms with E-state index in [2.05, 4.69) is 25.8 Å². The van der Waals surface area contributed by atoms with Crippen molar-refractivity contribution in [3.05, 3.63) is 28.2 Å². The topological polar surface area (TPSA) is 35.8 Å². The lowest BCUT2D eigenvalue weighted by molar-refractivity contribution is 0.403. The van der Waals surface area contributed by atoms with Gasteiger partial charge in [-0.1, -0.05) is 15.9 Å². The van der Waals surface area contributed by atoms with Crippen LogP contribution in [0.4, 0.5) is 0 Å². The maximum absolute atomic E-state index is 9.56. The van der Waals surface area contributed by atoms with E-state index in [9.17, 15) is 5.11 Å². The number of hydrogen-bond acceptors (Lipinski definition) is 3. The van der Waals surface area contributed by atoms with Gasteiger partial charge in [0, 0.05) is 22.8 Å². The fourth-order valence-corrected chi connectivity index (χ4v) is 1.65. The van der Waals surface area contributed by atoms with Crippen LogP contribution in [-0.2, 0) is 0 Å². The summed E-state index contributed by atoms with van der Waals surface area (Å²) in [5.74, 6) is 0.263. The molecule has 16 heavy (non-hydrogen) atoms. The average Bonchev–Trinajstić information content (AvgIpc) is 2.22. The van der Waals surface area contributed by atoms with Gasteiger partial charge in [0.2, 0.25) is 0 Å². The molecule has 0 aliphatic heterocycles. The van der Waals surface area contributed by atoms with Crippen molar-refractivity contribution in [2.24, 2.45) is 4.99 Å². The highest BCUT2D eigenvalue weighted by Gasteiger charge is 1.98. The molecule has 0 aliphatic carbocycles. The molecule has 0 radical (unpaired) electrons. The molecule has 0 saturated heterocycles. The van der Waals surface area contributed by atoms with Crippen molar-refractivity contribution in [2.75, 3.05) is 27.2 Å². The first-order valence-electron chi connectivity index (χ1n) is 5.22. The number of benzene rings is 1. The van der Waals surface area contributed by atoms with Gasteiger partial charge < -0.3 is 10.0 Å². The first-order chi connectivity index (χ1) is 7.59. The van der Waals surface area contributed by atoms with Crippen molar-refractivity contribution in [1.29, 1.82) is 0 Å². The Labute approximate surface area is 105 Å². The minimum Gasteiger partial charge on any atom is -0.507 e. The van der Waals surface area contributed by atoms with E-state index in [4.69, 9.17) is 0 Å². The molecule has 1 rings (SSSR count). The van der Waals surface area contributed by atoms with E-state index in [0.29, 0.717) is 0 Å². The van der Waals surface area contributed by atoms with Crippen LogP contribution >= 0.6 is 15.9 Å². The number of hydrogen-bond donors (Lipinski definition) is 1. The Kier molecular flexibility index (Phi) is 5.49. The van der Waals surface area contributed by atoms with Crippen LogP contribution in [0.15, 0.2) is 27.7 Å². The number of rotatable bonds is 5. The summed E-state index contributed by atoms with van der Waals surface area (Å²) in [5, 5.41) is 9.56. The normalized spacial score (nSPS) is 11.5. The fraction of sp³-hybridized carbons (Fsp3) is 0.417. The highest BCUT2D eigenvalue weighted by Crippen LogP contribution is 2.19. The second-order valence-corrected chi connectivity index (χ2v) is 4.81. The van der Waals surface area contributed by atoms with Crippen LogP contribution in [0.5, 0.6) is 5.75 Å². The first-order valence-corrected chi connectivity index (χ1v) is 6.02. The molecule has 3 nitrogen and oxygen atoms in total. The van der Waals surface area contributed by atoms with Gasteiger partial charge in [-0.3, -0.25) is 4.99 Å². The lowest BCUT2D eigenvalue weighted by atomic mass is 10.2. The number of aliphatic imine (C=N–C) groups is 1. The molecule has 0 aromatic heterocycles. The van der Waals surface area contributed by atoms with E-state index >= 15 is 0 Å². The minimum atomic E-state index is 0.263. The van der Waals surface area contributed by atoms with Gasteiger partial charge in [-0.25, -0.2) is 0 Å². The monoisotopic (exact) mass is 284 g/mol. The quantitative estimate of drug-likeness (QED) is 0.666. The summed E-state index contributed by atoms with van der Waals surface area (Å²) in [6.07, 6.45) is 2.74. The Morgan fingerprint density at radius 1 is 1.44 bits per heavy atom. The van der Waals surface area contributed by atoms with Crippen LogP contribution < -0.4 is 0 Å². The van der Waals surface area contributed by atoms with Gasteiger partial charge in [0.1, 0.15) is 5.75 Å². The average molecular weight is 285 g/mol. The zero-order valence-corrected chi connectivity index (χ0v) is 11.2. The third kappa shape index (κ3) is 4.77. The molecule has 1 aromatic rings. The van der Waals surface area contributed by atoms with E-state index < -0.39 is 0 Å². The van der Waals surface area contributed by atoms with Crippen molar-refractivity contribution in [3.8, 4) is 5.75 Å². The van der Waals surface area contributed by atoms with Crippen molar-refractivity contribution in [1.82, 2.24) is 4.90 Å². The van der Waals surface area contributed by atoms with Crippen molar-refractivity contribution < 1.29 is 5.11 Å². The summed E-state index contributed by atoms with van der Waals surface area (Å²) >= 11 is 3.36. The zero-order valence-electron chi connectivity index (χ0n) is 9.65. The van der Waals surface area contributed by atoms with Crippen LogP contribution in [0.25, 0.3) is 0 Å². The molecule has 0 saturated carbocycles. The van der Waals surface area contributed by atoms with E-state index in [1.54, 1.807) is 18.3 Å². The zero-order chi connectivity index (χ0) is 12.0. The fourth-order valence-electron chi connectivity index (χ4n) is 1.27. The number of phenolic OH excluding ortho intramolecular Hbond substituents is 1. The number of phenols is 1. The van der Waals surface area contributed by atoms with E-state index in [0.717, 1.165) is 29.5 Å². The van der Waals surface area contributed by atoms with Gasteiger partial charge in [0.25, 0.3) is 0 Å². The third-order valence-corrected chi connectivity index (χ3v) is 2.61. The molecule has 0 amide bonds. The molecule has 4 heteroatoms. The maximum atomic E-state index is 9.56. The van der Waals surface area contributed by atoms with Crippen LogP contribution in [-0.4, -0.2) is 43.4 Å². The molecular formula is C12H17BrN2O. The summed E-state index contributed by atoms with van der Waals surface area (Å²) in [4.78, 5) is 6.41. The maximum Gasteiger partial charge on any atom is 0.124 e. The molecule has 0 heterocycles. The van der Waals surface area contributed by atoms with E-state index in [1.807, 2.05) is 20.2 Å². The van der Waals surface area contributed by atoms with Crippen LogP contribution in [0, 0.1) is 0 Å². The van der Waals surface area contributed by atoms with Gasteiger partial charge in [-0.2, -0.15) is 0 Å². The molecule has 0 fully saturated rings. The van der Waals surface area contributed by atoms with Crippen LogP contribution in [0.3, 0.4) is 0 Å². The van der Waals surface area contributed by atoms with Gasteiger partial charge in [-0.15, -0.1) is 0 Å². The van der Waals surface area contributed by atoms with Gasteiger partial charge >= 0.3 is 0 Å². The second-order valence-electron chi connectivity index (χ2n) is 3.90. The predicted octanol–water partition coefficient (Wildman–Crippen LogP) is 2.53. The summed E-state index contributed by atoms with van der Waals surface area (Å²) in [5.41, 5.74) is 0.749. The van der Waals surface area contributed by atoms with Gasteiger partial charge in [-0.05, 0) is 45.3 Å². The van der Waals surface area contributed by atoms with Gasteiger partial charge in [0.15, 0.2) is 0 Å². The standard InChI is InChI=1S/C12H17BrN2O/c1-15(2)7-3-6-14-9-10-8-11(13)4-5-12(10)16/h4-5,8-9,16H,3,6-7H2,1-2H3. The molecule has 0 spiro atoms. The number of halogens is 1. The van der Waals surface area contributed by atoms with Crippen LogP contribution in [0.2, 0.25) is 0 Å². The van der Waals surface area contributed by atoms with Gasteiger partial charge in [0.05, 0.1) is 0 Å². The Hall–Kier alpha value is -0.870. The number of aromatic hydroxyl groups is 1. The Bertz CT molecular complexity index is 364. The Morgan fingerprint density at radius 2 is 2.19 bits per heavy atom. The summed E-state index contributed by atoms with van der Waals surface area (Å²) in [7, 11) is 4.09. The smallest absolute Gasteiger partial charge is 0.124 e. The largest absolute Gasteiger partial charge is 0.507 e. The first kappa shape index (κ1) is 13.2. The van der Waals surface area contributed by atoms with Crippen molar-refractivity contribution >= 4 is 22.1 Å². The SMILES string of the molecule is CN(C)CCCN=Cc1cc(Br)ccc1O. The number of nitrogens with zero attached hydrogens (tertiary/aromatic N) is 2. The van der Waals surface area contributed by atoms with Crippen LogP contribution in [0.1, 0.15) is 12.0 Å². The third-order valence-electron chi connectivity index (χ3n) is 2.11. The van der Waals surface area contributed by atoms with Crippen molar-refractivity contribution in [2.45, 2.75) is 6.42 Å². The van der Waals surface area contributed by atoms with E-state index in [1.165, 1.54) is 0 Å². The summed E-state index contributed by atoms with van der Waals surface area (Å²) < 4.78 is 0.944. The highest BCUT2D eigenvalue weighted by molar-refractivity contribution is 9.10. The molecule has 0 bridgehead atoms. The molecule has 88 valence electrons. The van der Waals surface area contributed by atoms with E-state index in [-0.39, 0.29) is 5.75 Å². The Balaban J connectivity index is 2.46. The second kappa shape index (κ2) is 6.66. The highest BCUT2D eigenvalue weighted by atomic mass is 79.9. The lowest BCUT2D eigenvalue weighted by Gasteiger charge is -2.06. The molecule has 0 atom stereocenters. The molecule has 0 unspecified atom stereocenters. The predicted molar refractivity (Wildman–Crippen MR) is 71.4 cm³/mol. The summed E-state index contributed by atoms with van der Waals surface area (Å²) in [6, 6.07) is 5.31. The summed E-state index contributed by atoms with van der Waals surface area (Å²) in [6.45, 7) is 1.81. The lowest BCUT2D eigenvalue weighted by Crippen LogP contribution is -2.13. The minimum absolute atomic E-state index is 0.263. The van der Waals surface area contributed by atoms with Crippen molar-refractivity contribution in [3.63, 3.8) is 0 Å². The molecule has 0 aliphatic rings. The molecular weight excluding hydrogens is 268 g/mol. The Morgan fingerprint density at radius 3 is 2.88 bits per heavy atom. The molecule has 1 aromatic carbocycles. The molecule has 1 N–H and O–H groups in total.